The predicted molar refractivity (Wildman–Crippen MR) is 93.4 cm³/mol. The molecule has 0 rings (SSSR count). The maximum atomic E-state index is 11.0. The molecular weight excluding hydrogens is 348 g/mol. The highest BCUT2D eigenvalue weighted by atomic mass is 16.6. The minimum atomic E-state index is -1.06. The second-order valence-electron chi connectivity index (χ2n) is 5.00. The summed E-state index contributed by atoms with van der Waals surface area (Å²) < 4.78 is 26.4. The lowest BCUT2D eigenvalue weighted by molar-refractivity contribution is -0.121. The summed E-state index contributed by atoms with van der Waals surface area (Å²) in [4.78, 5) is 21.1. The molecule has 0 aromatic heterocycles. The summed E-state index contributed by atoms with van der Waals surface area (Å²) in [5, 5.41) is 13.3. The van der Waals surface area contributed by atoms with Gasteiger partial charge in [0.05, 0.1) is 66.1 Å². The third-order valence-corrected chi connectivity index (χ3v) is 2.90. The van der Waals surface area contributed by atoms with E-state index in [1.807, 2.05) is 0 Å². The van der Waals surface area contributed by atoms with Gasteiger partial charge >= 0.3 is 6.09 Å². The van der Waals surface area contributed by atoms with Gasteiger partial charge in [-0.3, -0.25) is 4.79 Å². The smallest absolute Gasteiger partial charge is 0.404 e. The largest absolute Gasteiger partial charge is 0.465 e. The lowest BCUT2D eigenvalue weighted by atomic mass is 10.4. The molecule has 0 radical (unpaired) electrons. The first-order chi connectivity index (χ1) is 12.7. The second-order valence-corrected chi connectivity index (χ2v) is 5.00. The normalized spacial score (nSPS) is 10.7. The number of rotatable bonds is 19. The zero-order valence-electron chi connectivity index (χ0n) is 15.5. The van der Waals surface area contributed by atoms with Gasteiger partial charge in [-0.05, 0) is 0 Å². The molecule has 0 aromatic carbocycles. The van der Waals surface area contributed by atoms with Crippen LogP contribution in [0.15, 0.2) is 0 Å². The second kappa shape index (κ2) is 19.9. The Balaban J connectivity index is 3.03. The molecule has 0 aliphatic heterocycles. The molecule has 0 saturated heterocycles. The van der Waals surface area contributed by atoms with Gasteiger partial charge in [0.1, 0.15) is 0 Å². The molecule has 0 aliphatic carbocycles. The van der Waals surface area contributed by atoms with Crippen molar-refractivity contribution in [1.29, 1.82) is 0 Å². The molecule has 3 N–H and O–H groups in total. The van der Waals surface area contributed by atoms with E-state index in [0.717, 1.165) is 0 Å². The fourth-order valence-electron chi connectivity index (χ4n) is 1.60. The van der Waals surface area contributed by atoms with Crippen LogP contribution < -0.4 is 10.6 Å². The van der Waals surface area contributed by atoms with Crippen LogP contribution in [0, 0.1) is 0 Å². The van der Waals surface area contributed by atoms with Crippen molar-refractivity contribution < 1.29 is 38.4 Å². The van der Waals surface area contributed by atoms with Crippen LogP contribution >= 0.6 is 0 Å². The van der Waals surface area contributed by atoms with Crippen LogP contribution in [0.5, 0.6) is 0 Å². The molecule has 0 saturated carbocycles. The molecule has 2 amide bonds. The van der Waals surface area contributed by atoms with Crippen molar-refractivity contribution in [3.05, 3.63) is 0 Å². The average Bonchev–Trinajstić information content (AvgIpc) is 2.63. The molecule has 0 heterocycles. The number of nitrogens with one attached hydrogen (secondary N) is 2. The molecule has 10 nitrogen and oxygen atoms in total. The number of hydrogen-bond donors (Lipinski definition) is 3. The van der Waals surface area contributed by atoms with Gasteiger partial charge in [-0.1, -0.05) is 6.92 Å². The van der Waals surface area contributed by atoms with E-state index in [0.29, 0.717) is 79.0 Å². The van der Waals surface area contributed by atoms with Crippen molar-refractivity contribution in [2.75, 3.05) is 79.2 Å². The lowest BCUT2D eigenvalue weighted by Gasteiger charge is -2.08. The Bertz CT molecular complexity index is 344. The van der Waals surface area contributed by atoms with Crippen molar-refractivity contribution in [3.63, 3.8) is 0 Å². The standard InChI is InChI=1S/C16H32N2O8/c1-2-15(19)17-3-5-22-7-9-24-11-13-26-14-12-25-10-8-23-6-4-18-16(20)21/h18H,2-14H2,1H3,(H,17,19)(H,20,21). The molecule has 0 fully saturated rings. The minimum Gasteiger partial charge on any atom is -0.465 e. The molecule has 0 bridgehead atoms. The van der Waals surface area contributed by atoms with Crippen LogP contribution in [0.4, 0.5) is 4.79 Å². The molecule has 10 heteroatoms. The zero-order chi connectivity index (χ0) is 19.3. The van der Waals surface area contributed by atoms with Gasteiger partial charge in [0.2, 0.25) is 5.91 Å². The summed E-state index contributed by atoms with van der Waals surface area (Å²) in [5.41, 5.74) is 0. The van der Waals surface area contributed by atoms with E-state index < -0.39 is 6.09 Å². The minimum absolute atomic E-state index is 0.0199. The monoisotopic (exact) mass is 380 g/mol. The predicted octanol–water partition coefficient (Wildman–Crippen LogP) is -0.137. The third kappa shape index (κ3) is 20.6. The van der Waals surface area contributed by atoms with Gasteiger partial charge in [0.15, 0.2) is 0 Å². The van der Waals surface area contributed by atoms with Crippen molar-refractivity contribution in [1.82, 2.24) is 10.6 Å². The summed E-state index contributed by atoms with van der Waals surface area (Å²) in [7, 11) is 0. The van der Waals surface area contributed by atoms with Gasteiger partial charge in [-0.15, -0.1) is 0 Å². The summed E-state index contributed by atoms with van der Waals surface area (Å²) in [6.07, 6.45) is -0.579. The van der Waals surface area contributed by atoms with Gasteiger partial charge in [-0.2, -0.15) is 0 Å². The third-order valence-electron chi connectivity index (χ3n) is 2.90. The fourth-order valence-corrected chi connectivity index (χ4v) is 1.60. The Kier molecular flexibility index (Phi) is 18.7. The first kappa shape index (κ1) is 24.5. The van der Waals surface area contributed by atoms with Crippen molar-refractivity contribution in [2.24, 2.45) is 0 Å². The highest BCUT2D eigenvalue weighted by Crippen LogP contribution is 1.84. The van der Waals surface area contributed by atoms with Gasteiger partial charge < -0.3 is 39.4 Å². The molecule has 0 spiro atoms. The van der Waals surface area contributed by atoms with Crippen molar-refractivity contribution >= 4 is 12.0 Å². The SMILES string of the molecule is CCC(=O)NCCOCCOCCOCCOCCOCCNC(=O)O. The van der Waals surface area contributed by atoms with E-state index in [4.69, 9.17) is 28.8 Å². The highest BCUT2D eigenvalue weighted by Gasteiger charge is 1.96. The van der Waals surface area contributed by atoms with Gasteiger partial charge in [-0.25, -0.2) is 4.79 Å². The van der Waals surface area contributed by atoms with Crippen LogP contribution in [-0.2, 0) is 28.5 Å². The lowest BCUT2D eigenvalue weighted by Crippen LogP contribution is -2.26. The number of amides is 2. The number of carbonyl (C=O) groups is 2. The summed E-state index contributed by atoms with van der Waals surface area (Å²) in [5.74, 6) is 0.0199. The van der Waals surface area contributed by atoms with Crippen molar-refractivity contribution in [3.8, 4) is 0 Å². The Hall–Kier alpha value is -1.46. The van der Waals surface area contributed by atoms with E-state index in [-0.39, 0.29) is 12.5 Å². The van der Waals surface area contributed by atoms with E-state index >= 15 is 0 Å². The van der Waals surface area contributed by atoms with E-state index in [9.17, 15) is 9.59 Å². The van der Waals surface area contributed by atoms with Crippen LogP contribution in [0.2, 0.25) is 0 Å². The van der Waals surface area contributed by atoms with Gasteiger partial charge in [0.25, 0.3) is 0 Å². The van der Waals surface area contributed by atoms with Crippen molar-refractivity contribution in [2.45, 2.75) is 13.3 Å². The zero-order valence-corrected chi connectivity index (χ0v) is 15.5. The molecule has 0 unspecified atom stereocenters. The maximum Gasteiger partial charge on any atom is 0.404 e. The molecule has 0 aliphatic rings. The highest BCUT2D eigenvalue weighted by molar-refractivity contribution is 5.75. The van der Waals surface area contributed by atoms with Crippen LogP contribution in [0.3, 0.4) is 0 Å². The Morgan fingerprint density at radius 3 is 1.35 bits per heavy atom. The Morgan fingerprint density at radius 2 is 1.00 bits per heavy atom. The van der Waals surface area contributed by atoms with Crippen LogP contribution in [0.1, 0.15) is 13.3 Å². The maximum absolute atomic E-state index is 11.0. The van der Waals surface area contributed by atoms with E-state index in [1.165, 1.54) is 0 Å². The number of carbonyl (C=O) groups excluding carboxylic acids is 1. The summed E-state index contributed by atoms with van der Waals surface area (Å²) in [6.45, 7) is 7.07. The molecule has 26 heavy (non-hydrogen) atoms. The topological polar surface area (TPSA) is 125 Å². The first-order valence-corrected chi connectivity index (χ1v) is 8.79. The molecule has 0 atom stereocenters. The average molecular weight is 380 g/mol. The molecular formula is C16H32N2O8. The van der Waals surface area contributed by atoms with Crippen LogP contribution in [-0.4, -0.2) is 96.3 Å². The molecule has 154 valence electrons. The Labute approximate surface area is 154 Å². The fraction of sp³-hybridized carbons (Fsp3) is 0.875. The van der Waals surface area contributed by atoms with E-state index in [1.54, 1.807) is 6.92 Å². The molecule has 0 aromatic rings. The first-order valence-electron chi connectivity index (χ1n) is 8.79. The summed E-state index contributed by atoms with van der Waals surface area (Å²) in [6, 6.07) is 0. The van der Waals surface area contributed by atoms with Crippen LogP contribution in [0.25, 0.3) is 0 Å². The van der Waals surface area contributed by atoms with Gasteiger partial charge in [0, 0.05) is 19.5 Å². The number of carboxylic acid groups (broad SMARTS) is 1. The quantitative estimate of drug-likeness (QED) is 0.265. The summed E-state index contributed by atoms with van der Waals surface area (Å²) >= 11 is 0. The Morgan fingerprint density at radius 1 is 0.654 bits per heavy atom. The number of ether oxygens (including phenoxy) is 5. The number of hydrogen-bond acceptors (Lipinski definition) is 7. The van der Waals surface area contributed by atoms with E-state index in [2.05, 4.69) is 10.6 Å².